The number of carbonyl (C=O) groups is 3. The molecule has 0 amide bonds. The van der Waals surface area contributed by atoms with E-state index in [4.69, 9.17) is 20.5 Å². The number of benzene rings is 1. The van der Waals surface area contributed by atoms with Crippen LogP contribution in [0.1, 0.15) is 31.0 Å². The van der Waals surface area contributed by atoms with Crippen molar-refractivity contribution in [1.82, 2.24) is 9.55 Å². The fraction of sp³-hybridized carbons (Fsp3) is 0.444. The molecule has 1 aliphatic heterocycles. The van der Waals surface area contributed by atoms with Gasteiger partial charge in [0.2, 0.25) is 11.2 Å². The van der Waals surface area contributed by atoms with Crippen LogP contribution in [0, 0.1) is 5.82 Å². The van der Waals surface area contributed by atoms with Crippen molar-refractivity contribution in [1.29, 1.82) is 0 Å². The number of carbonyl (C=O) groups excluding carboxylic acids is 3. The lowest BCUT2D eigenvalue weighted by atomic mass is 9.63. The zero-order valence-corrected chi connectivity index (χ0v) is 17.4. The van der Waals surface area contributed by atoms with Crippen LogP contribution in [0.15, 0.2) is 16.9 Å². The smallest absolute Gasteiger partial charge is 0.207 e. The molecular formula is C18H17BrClFN2O7. The van der Waals surface area contributed by atoms with Gasteiger partial charge in [0.15, 0.2) is 33.9 Å². The van der Waals surface area contributed by atoms with Crippen molar-refractivity contribution < 1.29 is 42.9 Å². The standard InChI is InChI=1S/C18H17BrClFN2O7/c1-7(24)16(27)6-30-14(17(28,8(2)25)18(16,29)9(3)26)23-13-4-10(20)11(21)5-12(13)22-15(23)19/h4-5,14,27-29H,6H2,1-3H3/t14?,16-,17-,18+/m0/s1/i1D,2D,3D. The van der Waals surface area contributed by atoms with E-state index < -0.39 is 73.5 Å². The van der Waals surface area contributed by atoms with Gasteiger partial charge in [0, 0.05) is 10.2 Å². The van der Waals surface area contributed by atoms with E-state index in [-0.39, 0.29) is 20.8 Å². The number of halogens is 3. The molecule has 0 bridgehead atoms. The predicted molar refractivity (Wildman–Crippen MR) is 104 cm³/mol. The Bertz CT molecular complexity index is 1170. The Balaban J connectivity index is 2.40. The summed E-state index contributed by atoms with van der Waals surface area (Å²) in [6, 6.07) is 1.98. The molecule has 3 N–H and O–H groups in total. The lowest BCUT2D eigenvalue weighted by Gasteiger charge is -2.55. The van der Waals surface area contributed by atoms with Gasteiger partial charge in [-0.2, -0.15) is 0 Å². The number of Topliss-reactive ketones (excluding diaryl/α,β-unsaturated/α-hetero) is 3. The highest BCUT2D eigenvalue weighted by atomic mass is 79.9. The highest BCUT2D eigenvalue weighted by Crippen LogP contribution is 2.49. The molecule has 9 nitrogen and oxygen atoms in total. The Morgan fingerprint density at radius 2 is 1.90 bits per heavy atom. The third-order valence-corrected chi connectivity index (χ3v) is 6.02. The molecule has 0 saturated carbocycles. The number of fused-ring (bicyclic) bond motifs is 1. The molecule has 30 heavy (non-hydrogen) atoms. The molecular weight excluding hydrogens is 491 g/mol. The Morgan fingerprint density at radius 3 is 2.50 bits per heavy atom. The molecule has 2 aromatic rings. The SMILES string of the molecule is [2H]CC(=O)[C@@]1(O)[C@@](O)(C(=O)C[2H])COC(n2c(Br)nc3cc(F)c(Cl)cc32)[C@@]1(O)C(=O)C[2H]. The van der Waals surface area contributed by atoms with Crippen molar-refractivity contribution in [2.24, 2.45) is 0 Å². The molecule has 1 aromatic carbocycles. The summed E-state index contributed by atoms with van der Waals surface area (Å²) in [4.78, 5) is 42.1. The van der Waals surface area contributed by atoms with Crippen molar-refractivity contribution in [3.63, 3.8) is 0 Å². The maximum atomic E-state index is 13.9. The number of ether oxygens (including phenoxy) is 1. The van der Waals surface area contributed by atoms with Crippen molar-refractivity contribution >= 4 is 55.9 Å². The number of ketones is 3. The number of aromatic nitrogens is 2. The van der Waals surface area contributed by atoms with E-state index in [2.05, 4.69) is 20.9 Å². The average Bonchev–Trinajstić information content (AvgIpc) is 3.10. The van der Waals surface area contributed by atoms with E-state index >= 15 is 0 Å². The molecule has 1 fully saturated rings. The van der Waals surface area contributed by atoms with Crippen molar-refractivity contribution in [3.05, 3.63) is 27.7 Å². The number of aliphatic hydroxyl groups is 3. The van der Waals surface area contributed by atoms with Gasteiger partial charge in [0.05, 0.1) is 22.7 Å². The summed E-state index contributed by atoms with van der Waals surface area (Å²) in [6.07, 6.45) is -2.10. The fourth-order valence-electron chi connectivity index (χ4n) is 3.53. The van der Waals surface area contributed by atoms with E-state index in [1.54, 1.807) is 0 Å². The van der Waals surface area contributed by atoms with Crippen molar-refractivity contribution in [3.8, 4) is 0 Å². The zero-order valence-electron chi connectivity index (χ0n) is 18.1. The van der Waals surface area contributed by atoms with Gasteiger partial charge in [-0.05, 0) is 42.7 Å². The molecule has 0 spiro atoms. The van der Waals surface area contributed by atoms with Gasteiger partial charge in [-0.1, -0.05) is 11.6 Å². The third kappa shape index (κ3) is 2.73. The molecule has 1 aromatic heterocycles. The molecule has 2 heterocycles. The summed E-state index contributed by atoms with van der Waals surface area (Å²) in [7, 11) is 0. The number of imidazole rings is 1. The first-order chi connectivity index (χ1) is 15.3. The highest BCUT2D eigenvalue weighted by Gasteiger charge is 2.75. The molecule has 162 valence electrons. The van der Waals surface area contributed by atoms with Crippen LogP contribution >= 0.6 is 27.5 Å². The molecule has 1 unspecified atom stereocenters. The van der Waals surface area contributed by atoms with Crippen LogP contribution in [-0.2, 0) is 19.1 Å². The van der Waals surface area contributed by atoms with Gasteiger partial charge in [-0.15, -0.1) is 0 Å². The molecule has 12 heteroatoms. The minimum absolute atomic E-state index is 0.0487. The van der Waals surface area contributed by atoms with Crippen LogP contribution in [0.25, 0.3) is 11.0 Å². The first kappa shape index (κ1) is 19.0. The fourth-order valence-corrected chi connectivity index (χ4v) is 4.25. The normalized spacial score (nSPS) is 33.0. The second-order valence-corrected chi connectivity index (χ2v) is 7.89. The molecule has 1 aliphatic rings. The number of rotatable bonds is 4. The Hall–Kier alpha value is -1.76. The van der Waals surface area contributed by atoms with Crippen molar-refractivity contribution in [2.75, 3.05) is 6.61 Å². The van der Waals surface area contributed by atoms with Gasteiger partial charge in [-0.25, -0.2) is 9.37 Å². The van der Waals surface area contributed by atoms with Crippen LogP contribution in [0.4, 0.5) is 4.39 Å². The first-order valence-electron chi connectivity index (χ1n) is 10.3. The van der Waals surface area contributed by atoms with Crippen LogP contribution in [-0.4, -0.2) is 65.6 Å². The minimum atomic E-state index is -3.68. The summed E-state index contributed by atoms with van der Waals surface area (Å²) in [5.41, 5.74) is -10.6. The number of nitrogens with zero attached hydrogens (tertiary/aromatic N) is 2. The van der Waals surface area contributed by atoms with Crippen LogP contribution in [0.3, 0.4) is 0 Å². The van der Waals surface area contributed by atoms with E-state index in [1.807, 2.05) is 0 Å². The third-order valence-electron chi connectivity index (χ3n) is 5.17. The van der Waals surface area contributed by atoms with E-state index in [9.17, 15) is 34.1 Å². The summed E-state index contributed by atoms with van der Waals surface area (Å²) >= 11 is 8.89. The summed E-state index contributed by atoms with van der Waals surface area (Å²) < 4.78 is 42.2. The topological polar surface area (TPSA) is 139 Å². The van der Waals surface area contributed by atoms with Gasteiger partial charge < -0.3 is 20.1 Å². The molecule has 3 rings (SSSR count). The largest absolute Gasteiger partial charge is 0.376 e. The number of hydrogen-bond acceptors (Lipinski definition) is 8. The average molecular weight is 511 g/mol. The van der Waals surface area contributed by atoms with Gasteiger partial charge in [0.1, 0.15) is 5.82 Å². The Kier molecular flexibility index (Phi) is 4.52. The molecule has 0 aliphatic carbocycles. The first-order valence-corrected chi connectivity index (χ1v) is 9.31. The Morgan fingerprint density at radius 1 is 1.27 bits per heavy atom. The summed E-state index contributed by atoms with van der Waals surface area (Å²) in [5.74, 6) is -5.50. The van der Waals surface area contributed by atoms with Gasteiger partial charge in [0.25, 0.3) is 0 Å². The second-order valence-electron chi connectivity index (χ2n) is 6.78. The monoisotopic (exact) mass is 509 g/mol. The van der Waals surface area contributed by atoms with E-state index in [0.29, 0.717) is 0 Å². The summed E-state index contributed by atoms with van der Waals surface area (Å²) in [6.45, 7) is -4.87. The van der Waals surface area contributed by atoms with Crippen LogP contribution in [0.5, 0.6) is 0 Å². The minimum Gasteiger partial charge on any atom is -0.376 e. The quantitative estimate of drug-likeness (QED) is 0.555. The zero-order chi connectivity index (χ0) is 24.9. The predicted octanol–water partition coefficient (Wildman–Crippen LogP) is 1.08. The van der Waals surface area contributed by atoms with Crippen LogP contribution < -0.4 is 0 Å². The molecule has 0 radical (unpaired) electrons. The van der Waals surface area contributed by atoms with E-state index in [0.717, 1.165) is 16.7 Å². The molecule has 1 saturated heterocycles. The molecule has 4 atom stereocenters. The maximum absolute atomic E-state index is 13.9. The number of hydrogen-bond donors (Lipinski definition) is 3. The maximum Gasteiger partial charge on any atom is 0.207 e. The Labute approximate surface area is 186 Å². The highest BCUT2D eigenvalue weighted by molar-refractivity contribution is 9.10. The second kappa shape index (κ2) is 7.14. The van der Waals surface area contributed by atoms with Crippen molar-refractivity contribution in [2.45, 2.75) is 43.7 Å². The van der Waals surface area contributed by atoms with Gasteiger partial charge in [-0.3, -0.25) is 19.0 Å². The summed E-state index contributed by atoms with van der Waals surface area (Å²) in [5, 5.41) is 33.6. The van der Waals surface area contributed by atoms with Crippen LogP contribution in [0.2, 0.25) is 5.02 Å². The van der Waals surface area contributed by atoms with E-state index in [1.165, 1.54) is 0 Å². The lowest BCUT2D eigenvalue weighted by molar-refractivity contribution is -0.310. The lowest BCUT2D eigenvalue weighted by Crippen LogP contribution is -2.82. The van der Waals surface area contributed by atoms with Gasteiger partial charge >= 0.3 is 0 Å².